The maximum absolute atomic E-state index is 12.2. The van der Waals surface area contributed by atoms with E-state index in [1.165, 1.54) is 18.5 Å². The lowest BCUT2D eigenvalue weighted by Gasteiger charge is -2.14. The van der Waals surface area contributed by atoms with Crippen molar-refractivity contribution < 1.29 is 13.5 Å². The number of nitrogens with one attached hydrogen (secondary N) is 1. The molecule has 5 nitrogen and oxygen atoms in total. The van der Waals surface area contributed by atoms with E-state index in [1.807, 2.05) is 13.8 Å². The van der Waals surface area contributed by atoms with Gasteiger partial charge in [-0.05, 0) is 18.9 Å². The summed E-state index contributed by atoms with van der Waals surface area (Å²) in [6.07, 6.45) is 4.63. The van der Waals surface area contributed by atoms with Crippen LogP contribution in [0.15, 0.2) is 23.4 Å². The summed E-state index contributed by atoms with van der Waals surface area (Å²) in [4.78, 5) is 4.02. The molecule has 0 radical (unpaired) electrons. The van der Waals surface area contributed by atoms with Gasteiger partial charge >= 0.3 is 0 Å². The molecule has 0 atom stereocenters. The number of aromatic nitrogens is 1. The van der Waals surface area contributed by atoms with Crippen molar-refractivity contribution >= 4 is 10.0 Å². The van der Waals surface area contributed by atoms with Crippen LogP contribution in [0.3, 0.4) is 0 Å². The van der Waals surface area contributed by atoms with Gasteiger partial charge in [0.15, 0.2) is 0 Å². The molecule has 0 aliphatic rings. The fourth-order valence-electron chi connectivity index (χ4n) is 1.60. The van der Waals surface area contributed by atoms with E-state index >= 15 is 0 Å². The van der Waals surface area contributed by atoms with Crippen LogP contribution >= 0.6 is 0 Å². The van der Waals surface area contributed by atoms with Crippen LogP contribution in [0.4, 0.5) is 0 Å². The van der Waals surface area contributed by atoms with Gasteiger partial charge in [0.1, 0.15) is 4.90 Å². The Kier molecular flexibility index (Phi) is 6.65. The molecule has 0 spiro atoms. The van der Waals surface area contributed by atoms with Crippen LogP contribution in [0.2, 0.25) is 0 Å². The zero-order valence-electron chi connectivity index (χ0n) is 11.8. The summed E-state index contributed by atoms with van der Waals surface area (Å²) in [5, 5.41) is 8.66. The molecule has 0 saturated heterocycles. The minimum atomic E-state index is -3.57. The number of hydrogen-bond acceptors (Lipinski definition) is 4. The minimum absolute atomic E-state index is 0.0192. The van der Waals surface area contributed by atoms with Crippen molar-refractivity contribution in [2.45, 2.75) is 44.0 Å². The molecule has 0 saturated carbocycles. The van der Waals surface area contributed by atoms with Gasteiger partial charge in [0.25, 0.3) is 0 Å². The fourth-order valence-corrected chi connectivity index (χ4v) is 2.99. The van der Waals surface area contributed by atoms with Gasteiger partial charge in [0, 0.05) is 30.4 Å². The Hall–Kier alpha value is -1.42. The Balaban J connectivity index is 2.96. The van der Waals surface area contributed by atoms with E-state index in [0.29, 0.717) is 12.0 Å². The van der Waals surface area contributed by atoms with E-state index in [2.05, 4.69) is 21.5 Å². The Bertz CT molecular complexity index is 584. The van der Waals surface area contributed by atoms with Gasteiger partial charge in [0.05, 0.1) is 6.61 Å². The van der Waals surface area contributed by atoms with Crippen molar-refractivity contribution in [2.24, 2.45) is 0 Å². The number of rotatable bonds is 6. The first-order chi connectivity index (χ1) is 9.53. The summed E-state index contributed by atoms with van der Waals surface area (Å²) in [5.41, 5.74) is 0.519. The summed E-state index contributed by atoms with van der Waals surface area (Å²) in [5.74, 6) is 5.51. The molecular formula is C14H20N2O3S. The van der Waals surface area contributed by atoms with Crippen LogP contribution in [0, 0.1) is 11.8 Å². The maximum Gasteiger partial charge on any atom is 0.242 e. The molecule has 0 fully saturated rings. The first-order valence-corrected chi connectivity index (χ1v) is 8.09. The molecule has 1 aromatic heterocycles. The second-order valence-corrected chi connectivity index (χ2v) is 6.03. The SMILES string of the molecule is CCC(CC)NS(=O)(=O)c1cncc(C#CCCO)c1. The molecule has 0 bridgehead atoms. The van der Waals surface area contributed by atoms with Gasteiger partial charge in [-0.3, -0.25) is 4.98 Å². The molecule has 6 heteroatoms. The van der Waals surface area contributed by atoms with Gasteiger partial charge in [0.2, 0.25) is 10.0 Å². The van der Waals surface area contributed by atoms with Crippen LogP contribution in [0.1, 0.15) is 38.7 Å². The number of sulfonamides is 1. The molecule has 2 N–H and O–H groups in total. The lowest BCUT2D eigenvalue weighted by molar-refractivity contribution is 0.305. The largest absolute Gasteiger partial charge is 0.395 e. The number of pyridine rings is 1. The highest BCUT2D eigenvalue weighted by molar-refractivity contribution is 7.89. The first-order valence-electron chi connectivity index (χ1n) is 6.60. The Morgan fingerprint density at radius 3 is 2.65 bits per heavy atom. The van der Waals surface area contributed by atoms with Crippen molar-refractivity contribution in [1.29, 1.82) is 0 Å². The van der Waals surface area contributed by atoms with Crippen molar-refractivity contribution in [3.63, 3.8) is 0 Å². The molecule has 0 aliphatic heterocycles. The molecular weight excluding hydrogens is 276 g/mol. The average molecular weight is 296 g/mol. The fraction of sp³-hybridized carbons (Fsp3) is 0.500. The number of hydrogen-bond donors (Lipinski definition) is 2. The lowest BCUT2D eigenvalue weighted by atomic mass is 10.2. The average Bonchev–Trinajstić information content (AvgIpc) is 2.45. The highest BCUT2D eigenvalue weighted by atomic mass is 32.2. The highest BCUT2D eigenvalue weighted by Crippen LogP contribution is 2.11. The normalized spacial score (nSPS) is 11.2. The maximum atomic E-state index is 12.2. The number of nitrogens with zero attached hydrogens (tertiary/aromatic N) is 1. The van der Waals surface area contributed by atoms with Crippen LogP contribution in [-0.2, 0) is 10.0 Å². The summed E-state index contributed by atoms with van der Waals surface area (Å²) in [7, 11) is -3.57. The van der Waals surface area contributed by atoms with E-state index in [9.17, 15) is 8.42 Å². The van der Waals surface area contributed by atoms with Gasteiger partial charge in [-0.1, -0.05) is 25.7 Å². The van der Waals surface area contributed by atoms with E-state index < -0.39 is 10.0 Å². The van der Waals surface area contributed by atoms with Crippen molar-refractivity contribution in [1.82, 2.24) is 9.71 Å². The Morgan fingerprint density at radius 1 is 1.35 bits per heavy atom. The smallest absolute Gasteiger partial charge is 0.242 e. The standard InChI is InChI=1S/C14H20N2O3S/c1-3-13(4-2)16-20(18,19)14-9-12(10-15-11-14)7-5-6-8-17/h9-11,13,16-17H,3-4,6,8H2,1-2H3. The zero-order valence-corrected chi connectivity index (χ0v) is 12.6. The van der Waals surface area contributed by atoms with Gasteiger partial charge in [-0.25, -0.2) is 13.1 Å². The highest BCUT2D eigenvalue weighted by Gasteiger charge is 2.18. The third kappa shape index (κ3) is 4.93. The van der Waals surface area contributed by atoms with Crippen molar-refractivity contribution in [2.75, 3.05) is 6.61 Å². The summed E-state index contributed by atoms with van der Waals surface area (Å²) in [6, 6.07) is 1.41. The second kappa shape index (κ2) is 8.00. The topological polar surface area (TPSA) is 79.3 Å². The summed E-state index contributed by atoms with van der Waals surface area (Å²) < 4.78 is 27.1. The zero-order chi connectivity index (χ0) is 15.0. The predicted octanol–water partition coefficient (Wildman–Crippen LogP) is 1.28. The summed E-state index contributed by atoms with van der Waals surface area (Å²) in [6.45, 7) is 3.85. The minimum Gasteiger partial charge on any atom is -0.395 e. The summed E-state index contributed by atoms with van der Waals surface area (Å²) >= 11 is 0. The van der Waals surface area contributed by atoms with Crippen LogP contribution in [0.5, 0.6) is 0 Å². The Morgan fingerprint density at radius 2 is 2.05 bits per heavy atom. The molecule has 20 heavy (non-hydrogen) atoms. The lowest BCUT2D eigenvalue weighted by Crippen LogP contribution is -2.33. The number of aliphatic hydroxyl groups excluding tert-OH is 1. The van der Waals surface area contributed by atoms with Gasteiger partial charge in [-0.15, -0.1) is 0 Å². The van der Waals surface area contributed by atoms with Crippen molar-refractivity contribution in [3.05, 3.63) is 24.0 Å². The molecule has 0 unspecified atom stereocenters. The third-order valence-corrected chi connectivity index (χ3v) is 4.29. The van der Waals surface area contributed by atoms with Gasteiger partial charge < -0.3 is 5.11 Å². The molecule has 0 aromatic carbocycles. The van der Waals surface area contributed by atoms with Crippen LogP contribution < -0.4 is 4.72 Å². The quantitative estimate of drug-likeness (QED) is 0.775. The predicted molar refractivity (Wildman–Crippen MR) is 77.5 cm³/mol. The molecule has 1 rings (SSSR count). The molecule has 1 aromatic rings. The Labute approximate surface area is 120 Å². The van der Waals surface area contributed by atoms with Crippen molar-refractivity contribution in [3.8, 4) is 11.8 Å². The molecule has 0 amide bonds. The van der Waals surface area contributed by atoms with E-state index in [-0.39, 0.29) is 17.5 Å². The molecule has 0 aliphatic carbocycles. The molecule has 1 heterocycles. The van der Waals surface area contributed by atoms with Crippen LogP contribution in [0.25, 0.3) is 0 Å². The van der Waals surface area contributed by atoms with Gasteiger partial charge in [-0.2, -0.15) is 0 Å². The van der Waals surface area contributed by atoms with E-state index in [4.69, 9.17) is 5.11 Å². The first kappa shape index (κ1) is 16.6. The monoisotopic (exact) mass is 296 g/mol. The second-order valence-electron chi connectivity index (χ2n) is 4.32. The third-order valence-electron chi connectivity index (χ3n) is 2.80. The molecule has 110 valence electrons. The van der Waals surface area contributed by atoms with E-state index in [1.54, 1.807) is 0 Å². The number of aliphatic hydroxyl groups is 1. The van der Waals surface area contributed by atoms with E-state index in [0.717, 1.165) is 12.8 Å². The van der Waals surface area contributed by atoms with Crippen LogP contribution in [-0.4, -0.2) is 31.2 Å².